The van der Waals surface area contributed by atoms with Crippen LogP contribution in [0.15, 0.2) is 0 Å². The maximum absolute atomic E-state index is 11.9. The number of primary amides is 1. The summed E-state index contributed by atoms with van der Waals surface area (Å²) in [5, 5.41) is 12.4. The van der Waals surface area contributed by atoms with Gasteiger partial charge in [0.05, 0.1) is 0 Å². The van der Waals surface area contributed by atoms with Crippen molar-refractivity contribution in [2.24, 2.45) is 17.6 Å². The molecule has 1 rings (SSSR count). The Balaban J connectivity index is 2.57. The molecule has 5 heteroatoms. The first-order chi connectivity index (χ1) is 8.91. The SMILES string of the molecule is CC(C)C[C@H](O)C(=O)N[C@@H](C(N)=O)C1CCCCC1. The third kappa shape index (κ3) is 5.19. The van der Waals surface area contributed by atoms with E-state index in [0.717, 1.165) is 25.7 Å². The maximum atomic E-state index is 11.9. The molecule has 19 heavy (non-hydrogen) atoms. The van der Waals surface area contributed by atoms with Crippen LogP contribution in [0.25, 0.3) is 0 Å². The summed E-state index contributed by atoms with van der Waals surface area (Å²) in [5.74, 6) is -0.649. The first kappa shape index (κ1) is 16.0. The number of aliphatic hydroxyl groups is 1. The number of carbonyl (C=O) groups is 2. The Labute approximate surface area is 114 Å². The summed E-state index contributed by atoms with van der Waals surface area (Å²) in [4.78, 5) is 23.4. The van der Waals surface area contributed by atoms with E-state index in [1.807, 2.05) is 13.8 Å². The molecule has 5 nitrogen and oxygen atoms in total. The van der Waals surface area contributed by atoms with Gasteiger partial charge in [-0.3, -0.25) is 9.59 Å². The molecule has 0 aromatic rings. The zero-order chi connectivity index (χ0) is 14.4. The van der Waals surface area contributed by atoms with E-state index >= 15 is 0 Å². The van der Waals surface area contributed by atoms with Gasteiger partial charge in [-0.1, -0.05) is 33.1 Å². The van der Waals surface area contributed by atoms with Crippen molar-refractivity contribution in [2.45, 2.75) is 64.5 Å². The number of hydrogen-bond acceptors (Lipinski definition) is 3. The van der Waals surface area contributed by atoms with E-state index in [-0.39, 0.29) is 11.8 Å². The minimum absolute atomic E-state index is 0.112. The third-order valence-corrected chi connectivity index (χ3v) is 3.72. The minimum atomic E-state index is -1.06. The normalized spacial score (nSPS) is 20.0. The minimum Gasteiger partial charge on any atom is -0.383 e. The lowest BCUT2D eigenvalue weighted by Gasteiger charge is -2.29. The predicted octanol–water partition coefficient (Wildman–Crippen LogP) is 0.944. The van der Waals surface area contributed by atoms with Crippen LogP contribution in [0.5, 0.6) is 0 Å². The van der Waals surface area contributed by atoms with Crippen LogP contribution in [0.2, 0.25) is 0 Å². The molecule has 1 fully saturated rings. The van der Waals surface area contributed by atoms with E-state index in [9.17, 15) is 14.7 Å². The number of carbonyl (C=O) groups excluding carboxylic acids is 2. The number of nitrogens with two attached hydrogens (primary N) is 1. The Kier molecular flexibility index (Phi) is 6.28. The molecule has 0 spiro atoms. The Morgan fingerprint density at radius 1 is 1.26 bits per heavy atom. The number of nitrogens with one attached hydrogen (secondary N) is 1. The lowest BCUT2D eigenvalue weighted by Crippen LogP contribution is -2.52. The van der Waals surface area contributed by atoms with Gasteiger partial charge in [0, 0.05) is 0 Å². The summed E-state index contributed by atoms with van der Waals surface area (Å²) in [7, 11) is 0. The Morgan fingerprint density at radius 2 is 1.84 bits per heavy atom. The average molecular weight is 270 g/mol. The van der Waals surface area contributed by atoms with Crippen molar-refractivity contribution in [3.05, 3.63) is 0 Å². The van der Waals surface area contributed by atoms with Gasteiger partial charge in [-0.05, 0) is 31.1 Å². The molecule has 2 amide bonds. The maximum Gasteiger partial charge on any atom is 0.249 e. The lowest BCUT2D eigenvalue weighted by atomic mass is 9.83. The Bertz CT molecular complexity index is 312. The lowest BCUT2D eigenvalue weighted by molar-refractivity contribution is -0.134. The molecule has 0 aromatic heterocycles. The fourth-order valence-electron chi connectivity index (χ4n) is 2.69. The van der Waals surface area contributed by atoms with Crippen LogP contribution in [0, 0.1) is 11.8 Å². The quantitative estimate of drug-likeness (QED) is 0.670. The van der Waals surface area contributed by atoms with Crippen LogP contribution in [-0.2, 0) is 9.59 Å². The second-order valence-electron chi connectivity index (χ2n) is 5.93. The van der Waals surface area contributed by atoms with Gasteiger partial charge in [0.1, 0.15) is 12.1 Å². The number of hydrogen-bond donors (Lipinski definition) is 3. The van der Waals surface area contributed by atoms with Gasteiger partial charge in [0.25, 0.3) is 0 Å². The topological polar surface area (TPSA) is 92.4 Å². The molecule has 0 aliphatic heterocycles. The zero-order valence-corrected chi connectivity index (χ0v) is 11.9. The van der Waals surface area contributed by atoms with Crippen LogP contribution in [0.4, 0.5) is 0 Å². The monoisotopic (exact) mass is 270 g/mol. The zero-order valence-electron chi connectivity index (χ0n) is 11.9. The van der Waals surface area contributed by atoms with Crippen LogP contribution in [0.1, 0.15) is 52.4 Å². The van der Waals surface area contributed by atoms with Gasteiger partial charge in [-0.15, -0.1) is 0 Å². The van der Waals surface area contributed by atoms with Crippen molar-refractivity contribution in [3.8, 4) is 0 Å². The molecule has 1 aliphatic rings. The molecule has 1 saturated carbocycles. The summed E-state index contributed by atoms with van der Waals surface area (Å²) < 4.78 is 0. The van der Waals surface area contributed by atoms with E-state index in [2.05, 4.69) is 5.32 Å². The Morgan fingerprint density at radius 3 is 2.32 bits per heavy atom. The largest absolute Gasteiger partial charge is 0.383 e. The van der Waals surface area contributed by atoms with E-state index in [0.29, 0.717) is 6.42 Å². The fourth-order valence-corrected chi connectivity index (χ4v) is 2.69. The molecular formula is C14H26N2O3. The van der Waals surface area contributed by atoms with Gasteiger partial charge in [-0.2, -0.15) is 0 Å². The van der Waals surface area contributed by atoms with Crippen LogP contribution in [-0.4, -0.2) is 29.1 Å². The summed E-state index contributed by atoms with van der Waals surface area (Å²) >= 11 is 0. The van der Waals surface area contributed by atoms with Crippen molar-refractivity contribution in [3.63, 3.8) is 0 Å². The molecule has 110 valence electrons. The summed E-state index contributed by atoms with van der Waals surface area (Å²) in [6.45, 7) is 3.87. The smallest absolute Gasteiger partial charge is 0.249 e. The highest BCUT2D eigenvalue weighted by atomic mass is 16.3. The first-order valence-electron chi connectivity index (χ1n) is 7.19. The highest BCUT2D eigenvalue weighted by molar-refractivity contribution is 5.88. The first-order valence-corrected chi connectivity index (χ1v) is 7.19. The second kappa shape index (κ2) is 7.48. The van der Waals surface area contributed by atoms with Gasteiger partial charge < -0.3 is 16.2 Å². The van der Waals surface area contributed by atoms with E-state index in [4.69, 9.17) is 5.73 Å². The van der Waals surface area contributed by atoms with Crippen molar-refractivity contribution in [2.75, 3.05) is 0 Å². The molecule has 0 heterocycles. The van der Waals surface area contributed by atoms with Crippen molar-refractivity contribution >= 4 is 11.8 Å². The molecular weight excluding hydrogens is 244 g/mol. The van der Waals surface area contributed by atoms with E-state index < -0.39 is 24.0 Å². The van der Waals surface area contributed by atoms with Crippen molar-refractivity contribution in [1.29, 1.82) is 0 Å². The molecule has 0 radical (unpaired) electrons. The fraction of sp³-hybridized carbons (Fsp3) is 0.857. The number of aliphatic hydroxyl groups excluding tert-OH is 1. The standard InChI is InChI=1S/C14H26N2O3/c1-9(2)8-11(17)14(19)16-12(13(15)18)10-6-4-3-5-7-10/h9-12,17H,3-8H2,1-2H3,(H2,15,18)(H,16,19)/t11-,12+/m0/s1. The second-order valence-corrected chi connectivity index (χ2v) is 5.93. The van der Waals surface area contributed by atoms with Gasteiger partial charge in [0.2, 0.25) is 11.8 Å². The molecule has 0 saturated heterocycles. The summed E-state index contributed by atoms with van der Waals surface area (Å²) in [6, 6.07) is -0.644. The van der Waals surface area contributed by atoms with Gasteiger partial charge in [-0.25, -0.2) is 0 Å². The molecule has 0 unspecified atom stereocenters. The molecule has 0 bridgehead atoms. The van der Waals surface area contributed by atoms with E-state index in [1.54, 1.807) is 0 Å². The molecule has 1 aliphatic carbocycles. The molecule has 0 aromatic carbocycles. The number of amides is 2. The third-order valence-electron chi connectivity index (χ3n) is 3.72. The van der Waals surface area contributed by atoms with Crippen LogP contribution in [0.3, 0.4) is 0 Å². The summed E-state index contributed by atoms with van der Waals surface area (Å²) in [6.07, 6.45) is 4.46. The highest BCUT2D eigenvalue weighted by Gasteiger charge is 2.31. The van der Waals surface area contributed by atoms with Gasteiger partial charge >= 0.3 is 0 Å². The van der Waals surface area contributed by atoms with Gasteiger partial charge in [0.15, 0.2) is 0 Å². The molecule has 4 N–H and O–H groups in total. The average Bonchev–Trinajstić information content (AvgIpc) is 2.35. The van der Waals surface area contributed by atoms with Crippen molar-refractivity contribution < 1.29 is 14.7 Å². The van der Waals surface area contributed by atoms with Crippen LogP contribution >= 0.6 is 0 Å². The predicted molar refractivity (Wildman–Crippen MR) is 73.2 cm³/mol. The Hall–Kier alpha value is -1.10. The molecule has 2 atom stereocenters. The van der Waals surface area contributed by atoms with Crippen molar-refractivity contribution in [1.82, 2.24) is 5.32 Å². The van der Waals surface area contributed by atoms with Crippen LogP contribution < -0.4 is 11.1 Å². The highest BCUT2D eigenvalue weighted by Crippen LogP contribution is 2.26. The van der Waals surface area contributed by atoms with E-state index in [1.165, 1.54) is 6.42 Å². The summed E-state index contributed by atoms with van der Waals surface area (Å²) in [5.41, 5.74) is 5.38. The number of rotatable bonds is 6.